The second-order valence-electron chi connectivity index (χ2n) is 4.88. The van der Waals surface area contributed by atoms with Gasteiger partial charge < -0.3 is 10.7 Å². The normalized spacial score (nSPS) is 14.5. The lowest BCUT2D eigenvalue weighted by Gasteiger charge is -2.19. The summed E-state index contributed by atoms with van der Waals surface area (Å²) in [6, 6.07) is 5.13. The van der Waals surface area contributed by atoms with Gasteiger partial charge in [-0.3, -0.25) is 0 Å². The van der Waals surface area contributed by atoms with E-state index in [0.717, 1.165) is 23.5 Å². The predicted octanol–water partition coefficient (Wildman–Crippen LogP) is 3.11. The van der Waals surface area contributed by atoms with Gasteiger partial charge in [0, 0.05) is 5.56 Å². The number of halogens is 1. The Bertz CT molecular complexity index is 558. The largest absolute Gasteiger partial charge is 0.340 e. The van der Waals surface area contributed by atoms with Crippen molar-refractivity contribution in [3.05, 3.63) is 41.6 Å². The van der Waals surface area contributed by atoms with E-state index >= 15 is 0 Å². The molecule has 3 N–H and O–H groups in total. The molecule has 18 heavy (non-hydrogen) atoms. The molecule has 0 aliphatic heterocycles. The number of aryl methyl sites for hydroxylation is 1. The molecule has 0 aliphatic rings. The lowest BCUT2D eigenvalue weighted by atomic mass is 10.00. The summed E-state index contributed by atoms with van der Waals surface area (Å²) in [6.07, 6.45) is 2.47. The van der Waals surface area contributed by atoms with E-state index in [0.29, 0.717) is 5.56 Å². The van der Waals surface area contributed by atoms with E-state index < -0.39 is 5.54 Å². The number of nitrogens with one attached hydrogen (secondary N) is 1. The molecule has 0 fully saturated rings. The van der Waals surface area contributed by atoms with Crippen LogP contribution in [0.1, 0.15) is 31.7 Å². The minimum atomic E-state index is -0.485. The number of rotatable bonds is 3. The molecule has 0 aliphatic carbocycles. The highest BCUT2D eigenvalue weighted by molar-refractivity contribution is 5.59. The summed E-state index contributed by atoms with van der Waals surface area (Å²) >= 11 is 0. The Labute approximate surface area is 106 Å². The van der Waals surface area contributed by atoms with Gasteiger partial charge in [-0.2, -0.15) is 0 Å². The Morgan fingerprint density at radius 2 is 2.17 bits per heavy atom. The Kier molecular flexibility index (Phi) is 3.22. The molecular formula is C14H18FN3. The molecule has 1 atom stereocenters. The summed E-state index contributed by atoms with van der Waals surface area (Å²) in [6.45, 7) is 5.67. The van der Waals surface area contributed by atoms with Gasteiger partial charge in [0.1, 0.15) is 11.6 Å². The minimum Gasteiger partial charge on any atom is -0.340 e. The molecule has 1 heterocycles. The topological polar surface area (TPSA) is 54.7 Å². The van der Waals surface area contributed by atoms with E-state index in [-0.39, 0.29) is 5.82 Å². The van der Waals surface area contributed by atoms with Crippen LogP contribution in [0, 0.1) is 12.7 Å². The predicted molar refractivity (Wildman–Crippen MR) is 70.5 cm³/mol. The minimum absolute atomic E-state index is 0.213. The van der Waals surface area contributed by atoms with Crippen molar-refractivity contribution in [3.8, 4) is 11.3 Å². The number of nitrogens with two attached hydrogens (primary N) is 1. The third kappa shape index (κ3) is 2.29. The van der Waals surface area contributed by atoms with Crippen molar-refractivity contribution in [2.45, 2.75) is 32.7 Å². The Morgan fingerprint density at radius 1 is 1.44 bits per heavy atom. The molecule has 1 unspecified atom stereocenters. The van der Waals surface area contributed by atoms with Crippen molar-refractivity contribution in [1.82, 2.24) is 9.97 Å². The van der Waals surface area contributed by atoms with E-state index in [4.69, 9.17) is 5.73 Å². The second-order valence-corrected chi connectivity index (χ2v) is 4.88. The van der Waals surface area contributed by atoms with Crippen molar-refractivity contribution in [2.75, 3.05) is 0 Å². The first-order valence-electron chi connectivity index (χ1n) is 6.05. The standard InChI is InChI=1S/C14H18FN3/c1-4-14(3,16)13-17-8-12(18-13)10-6-5-9(2)11(15)7-10/h5-8H,4,16H2,1-3H3,(H,17,18). The number of benzene rings is 1. The number of hydrogen-bond donors (Lipinski definition) is 2. The number of aromatic amines is 1. The second kappa shape index (κ2) is 4.53. The molecule has 2 rings (SSSR count). The van der Waals surface area contributed by atoms with Gasteiger partial charge in [-0.05, 0) is 31.9 Å². The average molecular weight is 247 g/mol. The summed E-state index contributed by atoms with van der Waals surface area (Å²) in [5, 5.41) is 0. The maximum atomic E-state index is 13.5. The van der Waals surface area contributed by atoms with Crippen LogP contribution in [0.25, 0.3) is 11.3 Å². The molecule has 3 nitrogen and oxygen atoms in total. The van der Waals surface area contributed by atoms with Crippen LogP contribution in [-0.2, 0) is 5.54 Å². The zero-order valence-electron chi connectivity index (χ0n) is 10.9. The monoisotopic (exact) mass is 247 g/mol. The van der Waals surface area contributed by atoms with Gasteiger partial charge in [0.15, 0.2) is 0 Å². The molecular weight excluding hydrogens is 229 g/mol. The van der Waals surface area contributed by atoms with E-state index in [1.54, 1.807) is 19.2 Å². The summed E-state index contributed by atoms with van der Waals surface area (Å²) in [7, 11) is 0. The molecule has 2 aromatic rings. The Hall–Kier alpha value is -1.68. The van der Waals surface area contributed by atoms with Gasteiger partial charge in [0.2, 0.25) is 0 Å². The van der Waals surface area contributed by atoms with Crippen LogP contribution in [0.3, 0.4) is 0 Å². The van der Waals surface area contributed by atoms with E-state index in [9.17, 15) is 4.39 Å². The summed E-state index contributed by atoms with van der Waals surface area (Å²) in [4.78, 5) is 7.45. The first kappa shape index (κ1) is 12.8. The van der Waals surface area contributed by atoms with Gasteiger partial charge in [-0.1, -0.05) is 19.1 Å². The van der Waals surface area contributed by atoms with Crippen LogP contribution in [0.2, 0.25) is 0 Å². The van der Waals surface area contributed by atoms with Crippen molar-refractivity contribution >= 4 is 0 Å². The van der Waals surface area contributed by atoms with Crippen LogP contribution in [0.15, 0.2) is 24.4 Å². The quantitative estimate of drug-likeness (QED) is 0.875. The molecule has 0 saturated carbocycles. The fraction of sp³-hybridized carbons (Fsp3) is 0.357. The maximum absolute atomic E-state index is 13.5. The van der Waals surface area contributed by atoms with Crippen molar-refractivity contribution < 1.29 is 4.39 Å². The average Bonchev–Trinajstić information content (AvgIpc) is 2.83. The van der Waals surface area contributed by atoms with E-state index in [2.05, 4.69) is 9.97 Å². The Morgan fingerprint density at radius 3 is 2.78 bits per heavy atom. The highest BCUT2D eigenvalue weighted by atomic mass is 19.1. The molecule has 4 heteroatoms. The molecule has 1 aromatic heterocycles. The van der Waals surface area contributed by atoms with Crippen LogP contribution < -0.4 is 5.73 Å². The highest BCUT2D eigenvalue weighted by Crippen LogP contribution is 2.24. The third-order valence-corrected chi connectivity index (χ3v) is 3.33. The fourth-order valence-corrected chi connectivity index (χ4v) is 1.69. The van der Waals surface area contributed by atoms with Crippen molar-refractivity contribution in [2.24, 2.45) is 5.73 Å². The number of imidazole rings is 1. The summed E-state index contributed by atoms with van der Waals surface area (Å²) in [5.74, 6) is 0.510. The zero-order valence-corrected chi connectivity index (χ0v) is 10.9. The lowest BCUT2D eigenvalue weighted by Crippen LogP contribution is -2.33. The number of H-pyrrole nitrogens is 1. The summed E-state index contributed by atoms with van der Waals surface area (Å²) < 4.78 is 13.5. The van der Waals surface area contributed by atoms with Gasteiger partial charge >= 0.3 is 0 Å². The maximum Gasteiger partial charge on any atom is 0.126 e. The summed E-state index contributed by atoms with van der Waals surface area (Å²) in [5.41, 5.74) is 7.83. The molecule has 0 bridgehead atoms. The van der Waals surface area contributed by atoms with Gasteiger partial charge in [0.05, 0.1) is 17.4 Å². The highest BCUT2D eigenvalue weighted by Gasteiger charge is 2.22. The molecule has 1 aromatic carbocycles. The molecule has 0 spiro atoms. The molecule has 0 amide bonds. The van der Waals surface area contributed by atoms with E-state index in [1.807, 2.05) is 19.9 Å². The number of nitrogens with zero attached hydrogens (tertiary/aromatic N) is 1. The van der Waals surface area contributed by atoms with Crippen molar-refractivity contribution in [3.63, 3.8) is 0 Å². The van der Waals surface area contributed by atoms with E-state index in [1.165, 1.54) is 6.07 Å². The van der Waals surface area contributed by atoms with Crippen LogP contribution in [0.5, 0.6) is 0 Å². The molecule has 96 valence electrons. The smallest absolute Gasteiger partial charge is 0.126 e. The molecule has 0 saturated heterocycles. The zero-order chi connectivity index (χ0) is 13.3. The SMILES string of the molecule is CCC(C)(N)c1ncc(-c2ccc(C)c(F)c2)[nH]1. The van der Waals surface area contributed by atoms with Gasteiger partial charge in [0.25, 0.3) is 0 Å². The fourth-order valence-electron chi connectivity index (χ4n) is 1.69. The van der Waals surface area contributed by atoms with Crippen molar-refractivity contribution in [1.29, 1.82) is 0 Å². The van der Waals surface area contributed by atoms with Gasteiger partial charge in [-0.15, -0.1) is 0 Å². The van der Waals surface area contributed by atoms with Crippen LogP contribution >= 0.6 is 0 Å². The van der Waals surface area contributed by atoms with Crippen LogP contribution in [0.4, 0.5) is 4.39 Å². The number of aromatic nitrogens is 2. The first-order chi connectivity index (χ1) is 8.44. The number of hydrogen-bond acceptors (Lipinski definition) is 2. The Balaban J connectivity index is 2.38. The third-order valence-electron chi connectivity index (χ3n) is 3.33. The first-order valence-corrected chi connectivity index (χ1v) is 6.05. The molecule has 0 radical (unpaired) electrons. The van der Waals surface area contributed by atoms with Crippen LogP contribution in [-0.4, -0.2) is 9.97 Å². The van der Waals surface area contributed by atoms with Gasteiger partial charge in [-0.25, -0.2) is 9.37 Å². The lowest BCUT2D eigenvalue weighted by molar-refractivity contribution is 0.450.